The summed E-state index contributed by atoms with van der Waals surface area (Å²) in [5.74, 6) is 0.616. The number of aromatic nitrogens is 2. The summed E-state index contributed by atoms with van der Waals surface area (Å²) in [7, 11) is 0. The number of hydrogen-bond acceptors (Lipinski definition) is 2. The third-order valence-electron chi connectivity index (χ3n) is 2.52. The molecule has 0 fully saturated rings. The maximum Gasteiger partial charge on any atom is 0.152 e. The molecule has 1 heterocycles. The second kappa shape index (κ2) is 3.02. The maximum atomic E-state index is 5.74. The van der Waals surface area contributed by atoms with Gasteiger partial charge < -0.3 is 0 Å². The van der Waals surface area contributed by atoms with E-state index in [1.807, 2.05) is 6.07 Å². The van der Waals surface area contributed by atoms with Crippen LogP contribution in [0, 0.1) is 0 Å². The number of nitrogens with zero attached hydrogens (tertiary/aromatic N) is 2. The Labute approximate surface area is 77.0 Å². The summed E-state index contributed by atoms with van der Waals surface area (Å²) in [6, 6.07) is 1.94. The Morgan fingerprint density at radius 2 is 2.42 bits per heavy atom. The highest BCUT2D eigenvalue weighted by molar-refractivity contribution is 6.29. The van der Waals surface area contributed by atoms with Crippen LogP contribution < -0.4 is 0 Å². The molecule has 2 rings (SSSR count). The average molecular weight is 183 g/mol. The second-order valence-corrected chi connectivity index (χ2v) is 3.61. The van der Waals surface area contributed by atoms with E-state index < -0.39 is 0 Å². The van der Waals surface area contributed by atoms with Crippen molar-refractivity contribution in [2.45, 2.75) is 32.1 Å². The Bertz CT molecular complexity index is 299. The number of hydrogen-bond donors (Lipinski definition) is 0. The predicted octanol–water partition coefficient (Wildman–Crippen LogP) is 2.57. The maximum absolute atomic E-state index is 5.74. The fraction of sp³-hybridized carbons (Fsp3) is 0.556. The van der Waals surface area contributed by atoms with Crippen LogP contribution in [0.5, 0.6) is 0 Å². The van der Waals surface area contributed by atoms with Gasteiger partial charge in [0, 0.05) is 5.92 Å². The van der Waals surface area contributed by atoms with E-state index in [0.29, 0.717) is 11.1 Å². The van der Waals surface area contributed by atoms with Crippen LogP contribution in [0.4, 0.5) is 0 Å². The quantitative estimate of drug-likeness (QED) is 0.667. The van der Waals surface area contributed by atoms with Crippen molar-refractivity contribution in [3.8, 4) is 0 Å². The second-order valence-electron chi connectivity index (χ2n) is 3.22. The molecule has 0 amide bonds. The number of aryl methyl sites for hydroxylation is 1. The van der Waals surface area contributed by atoms with E-state index in [1.165, 1.54) is 17.7 Å². The highest BCUT2D eigenvalue weighted by Gasteiger charge is 2.22. The summed E-state index contributed by atoms with van der Waals surface area (Å²) in [5.41, 5.74) is 2.46. The highest BCUT2D eigenvalue weighted by atomic mass is 35.5. The van der Waals surface area contributed by atoms with Gasteiger partial charge in [-0.3, -0.25) is 0 Å². The summed E-state index contributed by atoms with van der Waals surface area (Å²) >= 11 is 5.74. The van der Waals surface area contributed by atoms with Gasteiger partial charge in [0.2, 0.25) is 0 Å². The van der Waals surface area contributed by atoms with E-state index in [2.05, 4.69) is 17.1 Å². The van der Waals surface area contributed by atoms with E-state index in [1.54, 1.807) is 0 Å². The monoisotopic (exact) mass is 182 g/mol. The van der Waals surface area contributed by atoms with Gasteiger partial charge >= 0.3 is 0 Å². The lowest BCUT2D eigenvalue weighted by atomic mass is 10.0. The molecule has 0 saturated carbocycles. The largest absolute Gasteiger partial charge is 0.154 e. The summed E-state index contributed by atoms with van der Waals surface area (Å²) < 4.78 is 0. The lowest BCUT2D eigenvalue weighted by Crippen LogP contribution is -1.96. The van der Waals surface area contributed by atoms with E-state index in [-0.39, 0.29) is 0 Å². The Morgan fingerprint density at radius 3 is 3.17 bits per heavy atom. The smallest absolute Gasteiger partial charge is 0.152 e. The topological polar surface area (TPSA) is 25.8 Å². The van der Waals surface area contributed by atoms with Gasteiger partial charge in [-0.05, 0) is 30.9 Å². The van der Waals surface area contributed by atoms with Gasteiger partial charge in [0.1, 0.15) is 0 Å². The molecular formula is C9H11ClN2. The van der Waals surface area contributed by atoms with Crippen molar-refractivity contribution in [1.29, 1.82) is 0 Å². The summed E-state index contributed by atoms with van der Waals surface area (Å²) in [4.78, 5) is 0. The van der Waals surface area contributed by atoms with Crippen molar-refractivity contribution >= 4 is 11.6 Å². The average Bonchev–Trinajstić information content (AvgIpc) is 2.46. The molecule has 0 bridgehead atoms. The Balaban J connectivity index is 2.40. The molecule has 1 aromatic heterocycles. The van der Waals surface area contributed by atoms with Crippen molar-refractivity contribution in [1.82, 2.24) is 10.2 Å². The van der Waals surface area contributed by atoms with Crippen LogP contribution in [0.2, 0.25) is 5.15 Å². The van der Waals surface area contributed by atoms with Gasteiger partial charge in [0.15, 0.2) is 5.15 Å². The molecule has 0 radical (unpaired) electrons. The van der Waals surface area contributed by atoms with E-state index in [9.17, 15) is 0 Å². The molecule has 0 spiro atoms. The van der Waals surface area contributed by atoms with Crippen molar-refractivity contribution in [2.75, 3.05) is 0 Å². The minimum atomic E-state index is 0.519. The molecule has 0 aromatic carbocycles. The molecule has 3 heteroatoms. The minimum Gasteiger partial charge on any atom is -0.154 e. The van der Waals surface area contributed by atoms with E-state index in [0.717, 1.165) is 12.8 Å². The van der Waals surface area contributed by atoms with Gasteiger partial charge in [-0.15, -0.1) is 5.10 Å². The van der Waals surface area contributed by atoms with Crippen LogP contribution in [-0.4, -0.2) is 10.2 Å². The zero-order valence-electron chi connectivity index (χ0n) is 7.05. The summed E-state index contributed by atoms with van der Waals surface area (Å²) in [6.45, 7) is 2.19. The van der Waals surface area contributed by atoms with Gasteiger partial charge in [-0.1, -0.05) is 18.5 Å². The first-order chi connectivity index (χ1) is 5.81. The third kappa shape index (κ3) is 1.20. The van der Waals surface area contributed by atoms with Gasteiger partial charge in [-0.2, -0.15) is 5.10 Å². The van der Waals surface area contributed by atoms with Crippen molar-refractivity contribution < 1.29 is 0 Å². The number of fused-ring (bicyclic) bond motifs is 1. The first-order valence-corrected chi connectivity index (χ1v) is 4.71. The van der Waals surface area contributed by atoms with Crippen LogP contribution in [0.3, 0.4) is 0 Å². The predicted molar refractivity (Wildman–Crippen MR) is 48.4 cm³/mol. The summed E-state index contributed by atoms with van der Waals surface area (Å²) in [5, 5.41) is 8.51. The molecule has 0 N–H and O–H groups in total. The molecule has 1 unspecified atom stereocenters. The van der Waals surface area contributed by atoms with Crippen LogP contribution in [0.1, 0.15) is 36.9 Å². The van der Waals surface area contributed by atoms with Crippen LogP contribution in [0.25, 0.3) is 0 Å². The van der Waals surface area contributed by atoms with E-state index in [4.69, 9.17) is 11.6 Å². The van der Waals surface area contributed by atoms with Gasteiger partial charge in [-0.25, -0.2) is 0 Å². The van der Waals surface area contributed by atoms with Crippen molar-refractivity contribution in [3.05, 3.63) is 22.5 Å². The van der Waals surface area contributed by atoms with Crippen LogP contribution in [-0.2, 0) is 6.42 Å². The molecule has 1 aromatic rings. The Kier molecular flexibility index (Phi) is 2.01. The molecule has 1 aliphatic carbocycles. The molecular weight excluding hydrogens is 172 g/mol. The SMILES string of the molecule is CCC1CCc2cc(Cl)nnc21. The van der Waals surface area contributed by atoms with Gasteiger partial charge in [0.25, 0.3) is 0 Å². The lowest BCUT2D eigenvalue weighted by molar-refractivity contribution is 0.635. The van der Waals surface area contributed by atoms with Crippen LogP contribution >= 0.6 is 11.6 Å². The fourth-order valence-corrected chi connectivity index (χ4v) is 1.99. The van der Waals surface area contributed by atoms with E-state index >= 15 is 0 Å². The highest BCUT2D eigenvalue weighted by Crippen LogP contribution is 2.33. The molecule has 2 nitrogen and oxygen atoms in total. The first kappa shape index (κ1) is 7.99. The molecule has 1 aliphatic rings. The fourth-order valence-electron chi connectivity index (χ4n) is 1.82. The van der Waals surface area contributed by atoms with Gasteiger partial charge in [0.05, 0.1) is 5.69 Å². The summed E-state index contributed by atoms with van der Waals surface area (Å²) in [6.07, 6.45) is 3.48. The number of halogens is 1. The molecule has 64 valence electrons. The zero-order chi connectivity index (χ0) is 8.55. The molecule has 12 heavy (non-hydrogen) atoms. The van der Waals surface area contributed by atoms with Crippen molar-refractivity contribution in [3.63, 3.8) is 0 Å². The molecule has 0 aliphatic heterocycles. The third-order valence-corrected chi connectivity index (χ3v) is 2.70. The Hall–Kier alpha value is -0.630. The zero-order valence-corrected chi connectivity index (χ0v) is 7.80. The standard InChI is InChI=1S/C9H11ClN2/c1-2-6-3-4-7-5-8(10)11-12-9(6)7/h5-6H,2-4H2,1H3. The lowest BCUT2D eigenvalue weighted by Gasteiger charge is -2.04. The first-order valence-electron chi connectivity index (χ1n) is 4.33. The van der Waals surface area contributed by atoms with Crippen molar-refractivity contribution in [2.24, 2.45) is 0 Å². The Morgan fingerprint density at radius 1 is 1.58 bits per heavy atom. The molecule has 1 atom stereocenters. The molecule has 0 saturated heterocycles. The number of rotatable bonds is 1. The minimum absolute atomic E-state index is 0.519. The van der Waals surface area contributed by atoms with Crippen LogP contribution in [0.15, 0.2) is 6.07 Å². The normalized spacial score (nSPS) is 21.0.